The number of hydrogen-bond acceptors (Lipinski definition) is 2. The maximum Gasteiger partial charge on any atom is 0.0486 e. The molecule has 0 fully saturated rings. The Bertz CT molecular complexity index is 774. The molecule has 126 valence electrons. The van der Waals surface area contributed by atoms with Crippen LogP contribution in [-0.2, 0) is 17.8 Å². The quantitative estimate of drug-likeness (QED) is 0.631. The molecule has 0 saturated heterocycles. The second kappa shape index (κ2) is 8.13. The summed E-state index contributed by atoms with van der Waals surface area (Å²) in [7, 11) is 1.75. The van der Waals surface area contributed by atoms with Crippen LogP contribution in [0.1, 0.15) is 23.1 Å². The summed E-state index contributed by atoms with van der Waals surface area (Å²) < 4.78 is 7.45. The van der Waals surface area contributed by atoms with E-state index in [-0.39, 0.29) is 0 Å². The molecule has 0 bridgehead atoms. The lowest BCUT2D eigenvalue weighted by molar-refractivity contribution is 0.194. The number of aromatic nitrogens is 1. The Hall–Kier alpha value is -2.10. The van der Waals surface area contributed by atoms with Crippen molar-refractivity contribution in [1.29, 1.82) is 0 Å². The van der Waals surface area contributed by atoms with Gasteiger partial charge in [0.2, 0.25) is 0 Å². The molecule has 1 aromatic heterocycles. The van der Waals surface area contributed by atoms with Crippen molar-refractivity contribution >= 4 is 10.9 Å². The second-order valence-corrected chi connectivity index (χ2v) is 6.31. The SMILES string of the molecule is COCCCNCc1cn(Cc2ccc(C)cc2)c2ccccc12. The van der Waals surface area contributed by atoms with Gasteiger partial charge in [-0.15, -0.1) is 0 Å². The van der Waals surface area contributed by atoms with E-state index < -0.39 is 0 Å². The number of para-hydroxylation sites is 1. The van der Waals surface area contributed by atoms with Crippen molar-refractivity contribution in [3.63, 3.8) is 0 Å². The largest absolute Gasteiger partial charge is 0.385 e. The van der Waals surface area contributed by atoms with E-state index in [9.17, 15) is 0 Å². The highest BCUT2D eigenvalue weighted by Gasteiger charge is 2.08. The third-order valence-corrected chi connectivity index (χ3v) is 4.36. The molecular formula is C21H26N2O. The second-order valence-electron chi connectivity index (χ2n) is 6.31. The predicted octanol–water partition coefficient (Wildman–Crippen LogP) is 4.12. The predicted molar refractivity (Wildman–Crippen MR) is 100 cm³/mol. The van der Waals surface area contributed by atoms with Crippen LogP contribution in [0.25, 0.3) is 10.9 Å². The first-order chi connectivity index (χ1) is 11.8. The molecule has 0 unspecified atom stereocenters. The van der Waals surface area contributed by atoms with Crippen molar-refractivity contribution in [2.24, 2.45) is 0 Å². The molecule has 0 atom stereocenters. The van der Waals surface area contributed by atoms with E-state index in [1.807, 2.05) is 0 Å². The van der Waals surface area contributed by atoms with Gasteiger partial charge in [0.1, 0.15) is 0 Å². The Labute approximate surface area is 144 Å². The van der Waals surface area contributed by atoms with Gasteiger partial charge in [0, 0.05) is 43.9 Å². The lowest BCUT2D eigenvalue weighted by Gasteiger charge is -2.06. The number of fused-ring (bicyclic) bond motifs is 1. The zero-order chi connectivity index (χ0) is 16.8. The van der Waals surface area contributed by atoms with Gasteiger partial charge in [-0.1, -0.05) is 48.0 Å². The summed E-state index contributed by atoms with van der Waals surface area (Å²) in [5.41, 5.74) is 5.29. The van der Waals surface area contributed by atoms with Crippen LogP contribution in [0.4, 0.5) is 0 Å². The summed E-state index contributed by atoms with van der Waals surface area (Å²) in [4.78, 5) is 0. The summed E-state index contributed by atoms with van der Waals surface area (Å²) in [6.45, 7) is 5.71. The Balaban J connectivity index is 1.77. The Kier molecular flexibility index (Phi) is 5.68. The van der Waals surface area contributed by atoms with Gasteiger partial charge in [0.15, 0.2) is 0 Å². The molecule has 24 heavy (non-hydrogen) atoms. The minimum absolute atomic E-state index is 0.808. The van der Waals surface area contributed by atoms with Crippen LogP contribution >= 0.6 is 0 Å². The topological polar surface area (TPSA) is 26.2 Å². The molecule has 0 aliphatic heterocycles. The molecule has 3 heteroatoms. The minimum Gasteiger partial charge on any atom is -0.385 e. The minimum atomic E-state index is 0.808. The summed E-state index contributed by atoms with van der Waals surface area (Å²) in [6, 6.07) is 17.4. The fourth-order valence-corrected chi connectivity index (χ4v) is 3.05. The van der Waals surface area contributed by atoms with Crippen LogP contribution in [0, 0.1) is 6.92 Å². The van der Waals surface area contributed by atoms with Crippen molar-refractivity contribution in [2.75, 3.05) is 20.3 Å². The number of rotatable bonds is 8. The summed E-state index contributed by atoms with van der Waals surface area (Å²) in [5.74, 6) is 0. The van der Waals surface area contributed by atoms with Gasteiger partial charge in [0.05, 0.1) is 0 Å². The number of nitrogens with zero attached hydrogens (tertiary/aromatic N) is 1. The molecule has 3 rings (SSSR count). The molecule has 3 aromatic rings. The average molecular weight is 322 g/mol. The monoisotopic (exact) mass is 322 g/mol. The highest BCUT2D eigenvalue weighted by Crippen LogP contribution is 2.22. The Morgan fingerprint density at radius 2 is 1.83 bits per heavy atom. The number of benzene rings is 2. The third-order valence-electron chi connectivity index (χ3n) is 4.36. The van der Waals surface area contributed by atoms with E-state index in [0.29, 0.717) is 0 Å². The molecule has 0 amide bonds. The molecule has 2 aromatic carbocycles. The van der Waals surface area contributed by atoms with E-state index in [2.05, 4.69) is 71.5 Å². The summed E-state index contributed by atoms with van der Waals surface area (Å²) in [6.07, 6.45) is 3.33. The van der Waals surface area contributed by atoms with Crippen LogP contribution < -0.4 is 5.32 Å². The number of hydrogen-bond donors (Lipinski definition) is 1. The van der Waals surface area contributed by atoms with Gasteiger partial charge in [-0.25, -0.2) is 0 Å². The Morgan fingerprint density at radius 1 is 1.04 bits per heavy atom. The van der Waals surface area contributed by atoms with E-state index in [0.717, 1.165) is 32.7 Å². The molecule has 0 radical (unpaired) electrons. The molecule has 1 heterocycles. The highest BCUT2D eigenvalue weighted by atomic mass is 16.5. The van der Waals surface area contributed by atoms with E-state index >= 15 is 0 Å². The normalized spacial score (nSPS) is 11.2. The third kappa shape index (κ3) is 4.05. The Morgan fingerprint density at radius 3 is 2.62 bits per heavy atom. The van der Waals surface area contributed by atoms with Gasteiger partial charge in [-0.3, -0.25) is 0 Å². The summed E-state index contributed by atoms with van der Waals surface area (Å²) >= 11 is 0. The first kappa shape index (κ1) is 16.7. The summed E-state index contributed by atoms with van der Waals surface area (Å²) in [5, 5.41) is 4.86. The lowest BCUT2D eigenvalue weighted by atomic mass is 10.1. The average Bonchev–Trinajstić information content (AvgIpc) is 2.95. The van der Waals surface area contributed by atoms with Crippen molar-refractivity contribution in [1.82, 2.24) is 9.88 Å². The maximum atomic E-state index is 5.10. The van der Waals surface area contributed by atoms with Crippen molar-refractivity contribution < 1.29 is 4.74 Å². The molecule has 0 aliphatic rings. The van der Waals surface area contributed by atoms with E-state index in [1.54, 1.807) is 7.11 Å². The highest BCUT2D eigenvalue weighted by molar-refractivity contribution is 5.84. The number of nitrogens with one attached hydrogen (secondary N) is 1. The van der Waals surface area contributed by atoms with Gasteiger partial charge in [0.25, 0.3) is 0 Å². The molecule has 0 aliphatic carbocycles. The number of ether oxygens (including phenoxy) is 1. The smallest absolute Gasteiger partial charge is 0.0486 e. The molecule has 3 nitrogen and oxygen atoms in total. The number of aryl methyl sites for hydroxylation is 1. The molecular weight excluding hydrogens is 296 g/mol. The molecule has 1 N–H and O–H groups in total. The molecule has 0 saturated carbocycles. The van der Waals surface area contributed by atoms with Gasteiger partial charge in [-0.2, -0.15) is 0 Å². The van der Waals surface area contributed by atoms with Crippen molar-refractivity contribution in [3.8, 4) is 0 Å². The van der Waals surface area contributed by atoms with Crippen LogP contribution in [0.3, 0.4) is 0 Å². The fraction of sp³-hybridized carbons (Fsp3) is 0.333. The van der Waals surface area contributed by atoms with Crippen LogP contribution in [0.2, 0.25) is 0 Å². The first-order valence-corrected chi connectivity index (χ1v) is 8.60. The van der Waals surface area contributed by atoms with Crippen molar-refractivity contribution in [2.45, 2.75) is 26.4 Å². The van der Waals surface area contributed by atoms with Gasteiger partial charge < -0.3 is 14.6 Å². The standard InChI is InChI=1S/C21H26N2O/c1-17-8-10-18(11-9-17)15-23-16-19(14-22-12-5-13-24-2)20-6-3-4-7-21(20)23/h3-4,6-11,16,22H,5,12-15H2,1-2H3. The van der Waals surface area contributed by atoms with Crippen molar-refractivity contribution in [3.05, 3.63) is 71.4 Å². The lowest BCUT2D eigenvalue weighted by Crippen LogP contribution is -2.15. The van der Waals surface area contributed by atoms with Crippen LogP contribution in [0.15, 0.2) is 54.7 Å². The van der Waals surface area contributed by atoms with Crippen LogP contribution in [-0.4, -0.2) is 24.8 Å². The molecule has 0 spiro atoms. The number of methoxy groups -OCH3 is 1. The van der Waals surface area contributed by atoms with E-state index in [1.165, 1.54) is 27.6 Å². The first-order valence-electron chi connectivity index (χ1n) is 8.60. The van der Waals surface area contributed by atoms with Gasteiger partial charge in [-0.05, 0) is 37.1 Å². The fourth-order valence-electron chi connectivity index (χ4n) is 3.05. The maximum absolute atomic E-state index is 5.10. The zero-order valence-corrected chi connectivity index (χ0v) is 14.6. The van der Waals surface area contributed by atoms with E-state index in [4.69, 9.17) is 4.74 Å². The zero-order valence-electron chi connectivity index (χ0n) is 14.6. The van der Waals surface area contributed by atoms with Crippen LogP contribution in [0.5, 0.6) is 0 Å². The van der Waals surface area contributed by atoms with Gasteiger partial charge >= 0.3 is 0 Å².